The molecule has 17 heavy (non-hydrogen) atoms. The molecule has 0 fully saturated rings. The summed E-state index contributed by atoms with van der Waals surface area (Å²) in [5.41, 5.74) is 1.09. The zero-order valence-electron chi connectivity index (χ0n) is 8.72. The third-order valence-electron chi connectivity index (χ3n) is 2.62. The van der Waals surface area contributed by atoms with E-state index in [1.807, 2.05) is 0 Å². The number of aliphatic hydroxyl groups excluding tert-OH is 1. The Morgan fingerprint density at radius 1 is 1.41 bits per heavy atom. The zero-order valence-corrected chi connectivity index (χ0v) is 9.48. The molecule has 2 rings (SSSR count). The van der Waals surface area contributed by atoms with E-state index >= 15 is 0 Å². The zero-order chi connectivity index (χ0) is 12.6. The third-order valence-corrected chi connectivity index (χ3v) is 2.83. The number of halogens is 4. The van der Waals surface area contributed by atoms with Gasteiger partial charge in [-0.25, -0.2) is 0 Å². The Morgan fingerprint density at radius 2 is 2.12 bits per heavy atom. The normalized spacial score (nSPS) is 16.5. The van der Waals surface area contributed by atoms with E-state index in [0.717, 1.165) is 5.56 Å². The number of fused-ring (bicyclic) bond motifs is 1. The molecule has 0 amide bonds. The number of alkyl halides is 3. The van der Waals surface area contributed by atoms with E-state index < -0.39 is 18.7 Å². The highest BCUT2D eigenvalue weighted by atomic mass is 35.5. The predicted molar refractivity (Wildman–Crippen MR) is 56.4 cm³/mol. The Balaban J connectivity index is 2.27. The SMILES string of the molecule is OC(Cc1cc(Cl)cc2c1OCC2)C(F)(F)F. The lowest BCUT2D eigenvalue weighted by Gasteiger charge is -2.16. The van der Waals surface area contributed by atoms with Crippen LogP contribution in [0, 0.1) is 0 Å². The lowest BCUT2D eigenvalue weighted by Crippen LogP contribution is -2.30. The first-order chi connectivity index (χ1) is 7.88. The summed E-state index contributed by atoms with van der Waals surface area (Å²) in [6, 6.07) is 3.08. The van der Waals surface area contributed by atoms with Crippen molar-refractivity contribution in [2.45, 2.75) is 25.1 Å². The van der Waals surface area contributed by atoms with Crippen molar-refractivity contribution in [1.82, 2.24) is 0 Å². The van der Waals surface area contributed by atoms with Gasteiger partial charge in [-0.2, -0.15) is 13.2 Å². The molecule has 1 aromatic rings. The number of rotatable bonds is 2. The van der Waals surface area contributed by atoms with Gasteiger partial charge in [0.2, 0.25) is 0 Å². The largest absolute Gasteiger partial charge is 0.493 e. The van der Waals surface area contributed by atoms with Crippen LogP contribution >= 0.6 is 11.6 Å². The van der Waals surface area contributed by atoms with Gasteiger partial charge in [0.25, 0.3) is 0 Å². The fourth-order valence-electron chi connectivity index (χ4n) is 1.82. The van der Waals surface area contributed by atoms with E-state index in [-0.39, 0.29) is 0 Å². The minimum atomic E-state index is -4.63. The van der Waals surface area contributed by atoms with E-state index in [2.05, 4.69) is 0 Å². The van der Waals surface area contributed by atoms with E-state index in [0.29, 0.717) is 29.4 Å². The number of hydrogen-bond acceptors (Lipinski definition) is 2. The summed E-state index contributed by atoms with van der Waals surface area (Å²) in [6.45, 7) is 0.435. The number of aliphatic hydroxyl groups is 1. The van der Waals surface area contributed by atoms with Crippen LogP contribution in [0.1, 0.15) is 11.1 Å². The van der Waals surface area contributed by atoms with Gasteiger partial charge in [-0.3, -0.25) is 0 Å². The van der Waals surface area contributed by atoms with Crippen molar-refractivity contribution in [3.05, 3.63) is 28.3 Å². The Hall–Kier alpha value is -0.940. The van der Waals surface area contributed by atoms with Crippen LogP contribution in [-0.2, 0) is 12.8 Å². The van der Waals surface area contributed by atoms with Crippen LogP contribution in [0.15, 0.2) is 12.1 Å². The van der Waals surface area contributed by atoms with Gasteiger partial charge in [0.05, 0.1) is 6.61 Å². The monoisotopic (exact) mass is 266 g/mol. The van der Waals surface area contributed by atoms with E-state index in [1.54, 1.807) is 6.07 Å². The summed E-state index contributed by atoms with van der Waals surface area (Å²) in [4.78, 5) is 0. The second-order valence-corrected chi connectivity index (χ2v) is 4.35. The average Bonchev–Trinajstić information content (AvgIpc) is 2.63. The Labute approximate surface area is 101 Å². The summed E-state index contributed by atoms with van der Waals surface area (Å²) >= 11 is 5.81. The molecule has 0 aliphatic carbocycles. The highest BCUT2D eigenvalue weighted by Crippen LogP contribution is 2.35. The lowest BCUT2D eigenvalue weighted by atomic mass is 10.0. The molecule has 0 bridgehead atoms. The van der Waals surface area contributed by atoms with Crippen LogP contribution in [0.3, 0.4) is 0 Å². The average molecular weight is 267 g/mol. The molecule has 0 saturated carbocycles. The van der Waals surface area contributed by atoms with Gasteiger partial charge in [0.15, 0.2) is 6.10 Å². The smallest absolute Gasteiger partial charge is 0.414 e. The second-order valence-electron chi connectivity index (χ2n) is 3.91. The quantitative estimate of drug-likeness (QED) is 0.892. The predicted octanol–water partition coefficient (Wildman–Crippen LogP) is 2.74. The van der Waals surface area contributed by atoms with Crippen LogP contribution in [-0.4, -0.2) is 24.0 Å². The van der Waals surface area contributed by atoms with Crippen molar-refractivity contribution >= 4 is 11.6 Å². The molecule has 0 spiro atoms. The van der Waals surface area contributed by atoms with Gasteiger partial charge in [0, 0.05) is 17.9 Å². The Bertz CT molecular complexity index is 431. The van der Waals surface area contributed by atoms with Gasteiger partial charge in [-0.1, -0.05) is 11.6 Å². The Kier molecular flexibility index (Phi) is 3.23. The number of hydrogen-bond donors (Lipinski definition) is 1. The molecule has 1 atom stereocenters. The molecule has 0 aromatic heterocycles. The van der Waals surface area contributed by atoms with Gasteiger partial charge < -0.3 is 9.84 Å². The van der Waals surface area contributed by atoms with Crippen LogP contribution in [0.5, 0.6) is 5.75 Å². The maximum atomic E-state index is 12.3. The van der Waals surface area contributed by atoms with Crippen molar-refractivity contribution in [3.8, 4) is 5.75 Å². The molecule has 1 heterocycles. The summed E-state index contributed by atoms with van der Waals surface area (Å²) in [5.74, 6) is 0.428. The second kappa shape index (κ2) is 4.38. The molecule has 2 nitrogen and oxygen atoms in total. The summed E-state index contributed by atoms with van der Waals surface area (Å²) in [6.07, 6.45) is -6.93. The molecule has 94 valence electrons. The van der Waals surface area contributed by atoms with Crippen LogP contribution in [0.2, 0.25) is 5.02 Å². The van der Waals surface area contributed by atoms with Crippen LogP contribution in [0.4, 0.5) is 13.2 Å². The highest BCUT2D eigenvalue weighted by Gasteiger charge is 2.39. The molecule has 0 radical (unpaired) electrons. The molecule has 1 aliphatic rings. The maximum absolute atomic E-state index is 12.3. The summed E-state index contributed by atoms with van der Waals surface area (Å²) in [7, 11) is 0. The standard InChI is InChI=1S/C11H10ClF3O2/c12-8-3-6-1-2-17-10(6)7(4-8)5-9(16)11(13,14)15/h3-4,9,16H,1-2,5H2. The fourth-order valence-corrected chi connectivity index (χ4v) is 2.09. The first-order valence-corrected chi connectivity index (χ1v) is 5.44. The highest BCUT2D eigenvalue weighted by molar-refractivity contribution is 6.30. The molecule has 1 aromatic carbocycles. The fraction of sp³-hybridized carbons (Fsp3) is 0.455. The molecular formula is C11H10ClF3O2. The molecule has 1 unspecified atom stereocenters. The molecule has 0 saturated heterocycles. The number of ether oxygens (including phenoxy) is 1. The molecular weight excluding hydrogens is 257 g/mol. The lowest BCUT2D eigenvalue weighted by molar-refractivity contribution is -0.203. The van der Waals surface area contributed by atoms with Crippen molar-refractivity contribution in [1.29, 1.82) is 0 Å². The first-order valence-electron chi connectivity index (χ1n) is 5.07. The first kappa shape index (κ1) is 12.5. The van der Waals surface area contributed by atoms with E-state index in [9.17, 15) is 13.2 Å². The van der Waals surface area contributed by atoms with Crippen molar-refractivity contribution in [2.24, 2.45) is 0 Å². The van der Waals surface area contributed by atoms with Gasteiger partial charge >= 0.3 is 6.18 Å². The summed E-state index contributed by atoms with van der Waals surface area (Å²) < 4.78 is 42.1. The van der Waals surface area contributed by atoms with Crippen molar-refractivity contribution in [3.63, 3.8) is 0 Å². The van der Waals surface area contributed by atoms with Gasteiger partial charge in [-0.05, 0) is 23.3 Å². The van der Waals surface area contributed by atoms with E-state index in [1.165, 1.54) is 6.07 Å². The van der Waals surface area contributed by atoms with Gasteiger partial charge in [-0.15, -0.1) is 0 Å². The minimum Gasteiger partial charge on any atom is -0.493 e. The molecule has 1 N–H and O–H groups in total. The van der Waals surface area contributed by atoms with Crippen LogP contribution in [0.25, 0.3) is 0 Å². The topological polar surface area (TPSA) is 29.5 Å². The third kappa shape index (κ3) is 2.66. The molecule has 6 heteroatoms. The maximum Gasteiger partial charge on any atom is 0.414 e. The molecule has 1 aliphatic heterocycles. The van der Waals surface area contributed by atoms with Crippen molar-refractivity contribution < 1.29 is 23.0 Å². The summed E-state index contributed by atoms with van der Waals surface area (Å²) in [5, 5.41) is 9.40. The van der Waals surface area contributed by atoms with Crippen molar-refractivity contribution in [2.75, 3.05) is 6.61 Å². The van der Waals surface area contributed by atoms with E-state index in [4.69, 9.17) is 21.4 Å². The minimum absolute atomic E-state index is 0.301. The van der Waals surface area contributed by atoms with Gasteiger partial charge in [0.1, 0.15) is 5.75 Å². The Morgan fingerprint density at radius 3 is 2.76 bits per heavy atom. The van der Waals surface area contributed by atoms with Crippen LogP contribution < -0.4 is 4.74 Å². The number of benzene rings is 1.